The van der Waals surface area contributed by atoms with Crippen molar-refractivity contribution >= 4 is 73.1 Å². The Balaban J connectivity index is 1.34. The van der Waals surface area contributed by atoms with Crippen LogP contribution >= 0.6 is 46.0 Å². The lowest BCUT2D eigenvalue weighted by Gasteiger charge is -2.13. The topological polar surface area (TPSA) is 90.3 Å². The van der Waals surface area contributed by atoms with Crippen molar-refractivity contribution < 1.29 is 14.3 Å². The van der Waals surface area contributed by atoms with E-state index in [0.717, 1.165) is 40.8 Å². The Kier molecular flexibility index (Phi) is 7.50. The van der Waals surface area contributed by atoms with Crippen LogP contribution in [0.25, 0.3) is 27.0 Å². The van der Waals surface area contributed by atoms with Crippen molar-refractivity contribution in [2.45, 2.75) is 24.4 Å². The highest BCUT2D eigenvalue weighted by molar-refractivity contribution is 7.99. The number of aryl methyl sites for hydroxylation is 1. The summed E-state index contributed by atoms with van der Waals surface area (Å²) in [5.74, 6) is -0.734. The number of rotatable bonds is 7. The van der Waals surface area contributed by atoms with Crippen molar-refractivity contribution in [3.8, 4) is 16.8 Å². The maximum atomic E-state index is 14.0. The summed E-state index contributed by atoms with van der Waals surface area (Å²) in [5.41, 5.74) is 3.52. The highest BCUT2D eigenvalue weighted by atomic mass is 35.5. The first-order valence-corrected chi connectivity index (χ1v) is 15.5. The number of ether oxygens (including phenoxy) is 1. The zero-order chi connectivity index (χ0) is 27.8. The number of carbonyl (C=O) groups is 2. The van der Waals surface area contributed by atoms with Crippen LogP contribution in [0.4, 0.5) is 5.00 Å². The molecule has 0 saturated heterocycles. The van der Waals surface area contributed by atoms with E-state index in [1.54, 1.807) is 16.7 Å². The summed E-state index contributed by atoms with van der Waals surface area (Å²) in [5, 5.41) is 6.87. The second-order valence-electron chi connectivity index (χ2n) is 9.10. The van der Waals surface area contributed by atoms with E-state index in [9.17, 15) is 14.4 Å². The molecule has 1 N–H and O–H groups in total. The number of nitrogens with one attached hydrogen (secondary N) is 1. The Morgan fingerprint density at radius 1 is 1.12 bits per heavy atom. The van der Waals surface area contributed by atoms with Gasteiger partial charge in [-0.2, -0.15) is 0 Å². The number of thioether (sulfide) groups is 1. The fourth-order valence-corrected chi connectivity index (χ4v) is 8.04. The summed E-state index contributed by atoms with van der Waals surface area (Å²) in [6.45, 7) is 0. The molecule has 1 aliphatic rings. The van der Waals surface area contributed by atoms with Gasteiger partial charge in [0.1, 0.15) is 9.83 Å². The smallest absolute Gasteiger partial charge is 0.341 e. The lowest BCUT2D eigenvalue weighted by Crippen LogP contribution is -2.23. The molecule has 3 aromatic heterocycles. The molecule has 11 heteroatoms. The molecule has 5 aromatic rings. The number of halogens is 1. The maximum absolute atomic E-state index is 14.0. The van der Waals surface area contributed by atoms with E-state index in [-0.39, 0.29) is 17.2 Å². The van der Waals surface area contributed by atoms with Gasteiger partial charge in [-0.1, -0.05) is 53.7 Å². The summed E-state index contributed by atoms with van der Waals surface area (Å²) in [4.78, 5) is 46.1. The zero-order valence-electron chi connectivity index (χ0n) is 21.2. The molecule has 1 amide bonds. The van der Waals surface area contributed by atoms with Gasteiger partial charge in [0, 0.05) is 20.8 Å². The lowest BCUT2D eigenvalue weighted by molar-refractivity contribution is -0.113. The number of esters is 1. The summed E-state index contributed by atoms with van der Waals surface area (Å²) in [6, 6.07) is 16.6. The van der Waals surface area contributed by atoms with Gasteiger partial charge in [-0.3, -0.25) is 14.2 Å². The summed E-state index contributed by atoms with van der Waals surface area (Å²) < 4.78 is 6.54. The molecule has 6 rings (SSSR count). The van der Waals surface area contributed by atoms with Crippen LogP contribution in [-0.2, 0) is 22.4 Å². The van der Waals surface area contributed by atoms with Crippen LogP contribution in [0.2, 0.25) is 5.02 Å². The first-order chi connectivity index (χ1) is 19.4. The quantitative estimate of drug-likeness (QED) is 0.124. The van der Waals surface area contributed by atoms with E-state index < -0.39 is 5.97 Å². The fraction of sp³-hybridized carbons (Fsp3) is 0.172. The van der Waals surface area contributed by atoms with Crippen LogP contribution < -0.4 is 10.9 Å². The Labute approximate surface area is 246 Å². The molecule has 0 spiro atoms. The standard InChI is InChI=1S/C29H22ClN3O4S3/c1-37-28(36)24-19-8-5-9-21(19)40-26(24)31-22(34)15-39-29-32-25-23(27(35)33(29)18-6-3-2-4-7-18)20(14-38-25)16-10-12-17(30)13-11-16/h2-4,6-7,10-14H,5,8-9,15H2,1H3,(H,31,34). The van der Waals surface area contributed by atoms with Gasteiger partial charge in [-0.05, 0) is 54.7 Å². The van der Waals surface area contributed by atoms with Gasteiger partial charge in [0.25, 0.3) is 5.56 Å². The first-order valence-electron chi connectivity index (χ1n) is 12.5. The molecule has 0 aliphatic heterocycles. The third kappa shape index (κ3) is 4.96. The number of benzene rings is 2. The largest absolute Gasteiger partial charge is 0.465 e. The summed E-state index contributed by atoms with van der Waals surface area (Å²) >= 11 is 10.1. The fourth-order valence-electron chi connectivity index (χ4n) is 4.82. The SMILES string of the molecule is COC(=O)c1c(NC(=O)CSc2nc3scc(-c4ccc(Cl)cc4)c3c(=O)n2-c2ccccc2)sc2c1CCC2. The lowest BCUT2D eigenvalue weighted by atomic mass is 10.1. The van der Waals surface area contributed by atoms with Crippen LogP contribution in [0.1, 0.15) is 27.2 Å². The number of anilines is 1. The number of para-hydroxylation sites is 1. The average molecular weight is 608 g/mol. The van der Waals surface area contributed by atoms with E-state index >= 15 is 0 Å². The molecule has 0 bridgehead atoms. The molecule has 0 radical (unpaired) electrons. The number of aromatic nitrogens is 2. The predicted molar refractivity (Wildman–Crippen MR) is 163 cm³/mol. The van der Waals surface area contributed by atoms with Crippen molar-refractivity contribution in [1.29, 1.82) is 0 Å². The third-order valence-corrected chi connectivity index (χ3v) is 9.91. The zero-order valence-corrected chi connectivity index (χ0v) is 24.4. The second-order valence-corrected chi connectivity index (χ2v) is 12.4. The first kappa shape index (κ1) is 26.8. The Morgan fingerprint density at radius 2 is 1.90 bits per heavy atom. The Hall–Kier alpha value is -3.44. The van der Waals surface area contributed by atoms with Gasteiger partial charge in [0.05, 0.1) is 29.5 Å². The molecule has 0 saturated carbocycles. The van der Waals surface area contributed by atoms with Gasteiger partial charge in [0.15, 0.2) is 5.16 Å². The maximum Gasteiger partial charge on any atom is 0.341 e. The molecule has 0 fully saturated rings. The van der Waals surface area contributed by atoms with Crippen LogP contribution in [0, 0.1) is 0 Å². The van der Waals surface area contributed by atoms with Crippen LogP contribution in [0.3, 0.4) is 0 Å². The van der Waals surface area contributed by atoms with Crippen molar-refractivity contribution in [1.82, 2.24) is 9.55 Å². The number of fused-ring (bicyclic) bond motifs is 2. The van der Waals surface area contributed by atoms with E-state index in [0.29, 0.717) is 36.6 Å². The molecular weight excluding hydrogens is 586 g/mol. The number of thiophene rings is 2. The predicted octanol–water partition coefficient (Wildman–Crippen LogP) is 6.84. The van der Waals surface area contributed by atoms with Gasteiger partial charge < -0.3 is 10.1 Å². The van der Waals surface area contributed by atoms with Crippen molar-refractivity contribution in [3.63, 3.8) is 0 Å². The minimum Gasteiger partial charge on any atom is -0.465 e. The minimum absolute atomic E-state index is 0.00335. The normalized spacial score (nSPS) is 12.4. The number of amides is 1. The molecule has 0 atom stereocenters. The van der Waals surface area contributed by atoms with Crippen LogP contribution in [0.15, 0.2) is 69.9 Å². The van der Waals surface area contributed by atoms with E-state index in [1.807, 2.05) is 47.8 Å². The molecule has 40 heavy (non-hydrogen) atoms. The Morgan fingerprint density at radius 3 is 2.65 bits per heavy atom. The van der Waals surface area contributed by atoms with Gasteiger partial charge in [-0.25, -0.2) is 9.78 Å². The van der Waals surface area contributed by atoms with Crippen molar-refractivity contribution in [2.75, 3.05) is 18.2 Å². The van der Waals surface area contributed by atoms with E-state index in [4.69, 9.17) is 21.3 Å². The van der Waals surface area contributed by atoms with Crippen LogP contribution in [-0.4, -0.2) is 34.3 Å². The third-order valence-electron chi connectivity index (χ3n) is 6.64. The molecule has 3 heterocycles. The molecule has 1 aliphatic carbocycles. The number of methoxy groups -OCH3 is 1. The van der Waals surface area contributed by atoms with E-state index in [2.05, 4.69) is 5.32 Å². The van der Waals surface area contributed by atoms with Gasteiger partial charge in [-0.15, -0.1) is 22.7 Å². The highest BCUT2D eigenvalue weighted by Gasteiger charge is 2.28. The molecule has 7 nitrogen and oxygen atoms in total. The number of carbonyl (C=O) groups excluding carboxylic acids is 2. The number of hydrogen-bond donors (Lipinski definition) is 1. The highest BCUT2D eigenvalue weighted by Crippen LogP contribution is 2.40. The number of nitrogens with zero attached hydrogens (tertiary/aromatic N) is 2. The Bertz CT molecular complexity index is 1810. The second kappa shape index (κ2) is 11.2. The number of hydrogen-bond acceptors (Lipinski definition) is 8. The average Bonchev–Trinajstić information content (AvgIpc) is 3.67. The summed E-state index contributed by atoms with van der Waals surface area (Å²) in [7, 11) is 1.34. The molecule has 2 aromatic carbocycles. The van der Waals surface area contributed by atoms with E-state index in [1.165, 1.54) is 41.5 Å². The monoisotopic (exact) mass is 607 g/mol. The van der Waals surface area contributed by atoms with Gasteiger partial charge in [0.2, 0.25) is 5.91 Å². The molecule has 0 unspecified atom stereocenters. The molecular formula is C29H22ClN3O4S3. The van der Waals surface area contributed by atoms with Crippen molar-refractivity contribution in [2.24, 2.45) is 0 Å². The summed E-state index contributed by atoms with van der Waals surface area (Å²) in [6.07, 6.45) is 2.68. The van der Waals surface area contributed by atoms with Crippen molar-refractivity contribution in [3.05, 3.63) is 91.4 Å². The van der Waals surface area contributed by atoms with Crippen LogP contribution in [0.5, 0.6) is 0 Å². The minimum atomic E-state index is -0.443. The molecule has 202 valence electrons. The van der Waals surface area contributed by atoms with Gasteiger partial charge >= 0.3 is 5.97 Å².